The van der Waals surface area contributed by atoms with E-state index in [1.165, 1.54) is 0 Å². The SMILES string of the molecule is Cc1ccc(C(C)(C)C)c(O)c1C=NC(C)C. The zero-order chi connectivity index (χ0) is 13.2. The highest BCUT2D eigenvalue weighted by atomic mass is 16.3. The Morgan fingerprint density at radius 2 is 1.82 bits per heavy atom. The average molecular weight is 233 g/mol. The maximum Gasteiger partial charge on any atom is 0.128 e. The van der Waals surface area contributed by atoms with Crippen molar-refractivity contribution < 1.29 is 5.11 Å². The first-order valence-corrected chi connectivity index (χ1v) is 6.09. The van der Waals surface area contributed by atoms with Gasteiger partial charge in [-0.1, -0.05) is 32.9 Å². The normalized spacial score (nSPS) is 12.6. The van der Waals surface area contributed by atoms with Crippen LogP contribution >= 0.6 is 0 Å². The number of hydrogen-bond donors (Lipinski definition) is 1. The van der Waals surface area contributed by atoms with Gasteiger partial charge in [0.25, 0.3) is 0 Å². The molecule has 0 aliphatic rings. The third-order valence-electron chi connectivity index (χ3n) is 2.74. The minimum absolute atomic E-state index is 0.0573. The molecule has 0 aromatic heterocycles. The van der Waals surface area contributed by atoms with Crippen LogP contribution in [0.4, 0.5) is 0 Å². The summed E-state index contributed by atoms with van der Waals surface area (Å²) in [4.78, 5) is 4.35. The molecule has 0 spiro atoms. The van der Waals surface area contributed by atoms with Crippen molar-refractivity contribution in [2.75, 3.05) is 0 Å². The second-order valence-electron chi connectivity index (χ2n) is 5.81. The first kappa shape index (κ1) is 13.8. The molecule has 0 unspecified atom stereocenters. The smallest absolute Gasteiger partial charge is 0.128 e. The van der Waals surface area contributed by atoms with Gasteiger partial charge in [-0.3, -0.25) is 4.99 Å². The molecule has 0 saturated heterocycles. The number of phenols is 1. The van der Waals surface area contributed by atoms with E-state index in [1.807, 2.05) is 32.9 Å². The molecular formula is C15H23NO. The predicted molar refractivity (Wildman–Crippen MR) is 74.3 cm³/mol. The summed E-state index contributed by atoms with van der Waals surface area (Å²) in [7, 11) is 0. The van der Waals surface area contributed by atoms with Crippen LogP contribution in [0.25, 0.3) is 0 Å². The Labute approximate surface area is 104 Å². The van der Waals surface area contributed by atoms with Crippen LogP contribution < -0.4 is 0 Å². The highest BCUT2D eigenvalue weighted by molar-refractivity contribution is 5.86. The molecule has 0 atom stereocenters. The Kier molecular flexibility index (Phi) is 3.97. The van der Waals surface area contributed by atoms with Gasteiger partial charge in [0, 0.05) is 17.8 Å². The fraction of sp³-hybridized carbons (Fsp3) is 0.533. The number of benzene rings is 1. The molecule has 0 amide bonds. The molecule has 17 heavy (non-hydrogen) atoms. The lowest BCUT2D eigenvalue weighted by atomic mass is 9.84. The Hall–Kier alpha value is -1.31. The van der Waals surface area contributed by atoms with Gasteiger partial charge in [-0.05, 0) is 37.3 Å². The van der Waals surface area contributed by atoms with Crippen molar-refractivity contribution >= 4 is 6.21 Å². The quantitative estimate of drug-likeness (QED) is 0.774. The van der Waals surface area contributed by atoms with E-state index in [0.29, 0.717) is 5.75 Å². The van der Waals surface area contributed by atoms with Crippen molar-refractivity contribution in [2.45, 2.75) is 53.0 Å². The van der Waals surface area contributed by atoms with E-state index in [4.69, 9.17) is 0 Å². The van der Waals surface area contributed by atoms with Gasteiger partial charge < -0.3 is 5.11 Å². The molecule has 0 radical (unpaired) electrons. The minimum atomic E-state index is -0.0573. The van der Waals surface area contributed by atoms with E-state index in [9.17, 15) is 5.11 Å². The van der Waals surface area contributed by atoms with Crippen molar-refractivity contribution in [3.63, 3.8) is 0 Å². The second kappa shape index (κ2) is 4.91. The molecule has 1 N–H and O–H groups in total. The Balaban J connectivity index is 3.30. The molecule has 2 nitrogen and oxygen atoms in total. The van der Waals surface area contributed by atoms with Crippen LogP contribution in [0.2, 0.25) is 0 Å². The molecule has 1 rings (SSSR count). The van der Waals surface area contributed by atoms with Gasteiger partial charge in [-0.2, -0.15) is 0 Å². The van der Waals surface area contributed by atoms with Crippen LogP contribution in [0.5, 0.6) is 5.75 Å². The Morgan fingerprint density at radius 3 is 2.29 bits per heavy atom. The second-order valence-corrected chi connectivity index (χ2v) is 5.81. The van der Waals surface area contributed by atoms with E-state index in [-0.39, 0.29) is 11.5 Å². The number of aliphatic imine (C=N–C) groups is 1. The molecule has 2 heteroatoms. The van der Waals surface area contributed by atoms with E-state index in [1.54, 1.807) is 6.21 Å². The number of nitrogens with zero attached hydrogens (tertiary/aromatic N) is 1. The molecular weight excluding hydrogens is 210 g/mol. The van der Waals surface area contributed by atoms with Crippen LogP contribution in [0, 0.1) is 6.92 Å². The van der Waals surface area contributed by atoms with Gasteiger partial charge in [-0.25, -0.2) is 0 Å². The maximum absolute atomic E-state index is 10.3. The first-order valence-electron chi connectivity index (χ1n) is 6.09. The van der Waals surface area contributed by atoms with Gasteiger partial charge in [0.05, 0.1) is 0 Å². The van der Waals surface area contributed by atoms with E-state index in [2.05, 4.69) is 25.8 Å². The third kappa shape index (κ3) is 3.32. The number of phenolic OH excluding ortho intramolecular Hbond substituents is 1. The predicted octanol–water partition coefficient (Wildman–Crippen LogP) is 3.83. The lowest BCUT2D eigenvalue weighted by Gasteiger charge is -2.22. The summed E-state index contributed by atoms with van der Waals surface area (Å²) in [6.45, 7) is 12.3. The molecule has 0 aliphatic carbocycles. The van der Waals surface area contributed by atoms with Crippen molar-refractivity contribution in [1.82, 2.24) is 0 Å². The van der Waals surface area contributed by atoms with Gasteiger partial charge in [0.2, 0.25) is 0 Å². The summed E-state index contributed by atoms with van der Waals surface area (Å²) in [5.41, 5.74) is 2.80. The monoisotopic (exact) mass is 233 g/mol. The lowest BCUT2D eigenvalue weighted by Crippen LogP contribution is -2.12. The van der Waals surface area contributed by atoms with Gasteiger partial charge >= 0.3 is 0 Å². The number of hydrogen-bond acceptors (Lipinski definition) is 2. The van der Waals surface area contributed by atoms with Crippen LogP contribution in [0.3, 0.4) is 0 Å². The summed E-state index contributed by atoms with van der Waals surface area (Å²) < 4.78 is 0. The Bertz CT molecular complexity index is 425. The van der Waals surface area contributed by atoms with Crippen LogP contribution in [0.15, 0.2) is 17.1 Å². The van der Waals surface area contributed by atoms with Gasteiger partial charge in [-0.15, -0.1) is 0 Å². The number of aromatic hydroxyl groups is 1. The summed E-state index contributed by atoms with van der Waals surface area (Å²) >= 11 is 0. The molecule has 0 bridgehead atoms. The summed E-state index contributed by atoms with van der Waals surface area (Å²) in [5, 5.41) is 10.3. The number of rotatable bonds is 2. The highest BCUT2D eigenvalue weighted by Gasteiger charge is 2.20. The highest BCUT2D eigenvalue weighted by Crippen LogP contribution is 2.33. The van der Waals surface area contributed by atoms with Crippen LogP contribution in [0.1, 0.15) is 51.3 Å². The zero-order valence-corrected chi connectivity index (χ0v) is 11.7. The fourth-order valence-corrected chi connectivity index (χ4v) is 1.70. The Morgan fingerprint density at radius 1 is 1.24 bits per heavy atom. The number of aryl methyl sites for hydroxylation is 1. The average Bonchev–Trinajstić information content (AvgIpc) is 2.14. The maximum atomic E-state index is 10.3. The molecule has 94 valence electrons. The lowest BCUT2D eigenvalue weighted by molar-refractivity contribution is 0.445. The van der Waals surface area contributed by atoms with E-state index < -0.39 is 0 Å². The third-order valence-corrected chi connectivity index (χ3v) is 2.74. The van der Waals surface area contributed by atoms with Gasteiger partial charge in [0.1, 0.15) is 5.75 Å². The first-order chi connectivity index (χ1) is 7.73. The minimum Gasteiger partial charge on any atom is -0.507 e. The molecule has 0 aliphatic heterocycles. The zero-order valence-electron chi connectivity index (χ0n) is 11.7. The molecule has 1 aromatic rings. The summed E-state index contributed by atoms with van der Waals surface area (Å²) in [5.74, 6) is 0.363. The van der Waals surface area contributed by atoms with E-state index in [0.717, 1.165) is 16.7 Å². The van der Waals surface area contributed by atoms with Crippen LogP contribution in [-0.4, -0.2) is 17.4 Å². The summed E-state index contributed by atoms with van der Waals surface area (Å²) in [6, 6.07) is 4.28. The molecule has 0 heterocycles. The largest absolute Gasteiger partial charge is 0.507 e. The molecule has 1 aromatic carbocycles. The topological polar surface area (TPSA) is 32.6 Å². The van der Waals surface area contributed by atoms with Crippen molar-refractivity contribution in [2.24, 2.45) is 4.99 Å². The van der Waals surface area contributed by atoms with Crippen LogP contribution in [-0.2, 0) is 5.41 Å². The fourth-order valence-electron chi connectivity index (χ4n) is 1.70. The van der Waals surface area contributed by atoms with Crippen molar-refractivity contribution in [1.29, 1.82) is 0 Å². The van der Waals surface area contributed by atoms with Crippen molar-refractivity contribution in [3.8, 4) is 5.75 Å². The summed E-state index contributed by atoms with van der Waals surface area (Å²) in [6.07, 6.45) is 1.78. The van der Waals surface area contributed by atoms with Gasteiger partial charge in [0.15, 0.2) is 0 Å². The molecule has 0 fully saturated rings. The van der Waals surface area contributed by atoms with Crippen molar-refractivity contribution in [3.05, 3.63) is 28.8 Å². The molecule has 0 saturated carbocycles. The standard InChI is InChI=1S/C15H23NO/c1-10(2)16-9-12-11(3)7-8-13(14(12)17)15(4,5)6/h7-10,17H,1-6H3. The van der Waals surface area contributed by atoms with E-state index >= 15 is 0 Å².